The van der Waals surface area contributed by atoms with E-state index < -0.39 is 0 Å². The highest BCUT2D eigenvalue weighted by Gasteiger charge is 2.05. The Morgan fingerprint density at radius 1 is 0.947 bits per heavy atom. The molecule has 0 aliphatic rings. The van der Waals surface area contributed by atoms with E-state index in [9.17, 15) is 0 Å². The number of nitrogens with one attached hydrogen (secondary N) is 1. The molecule has 0 aromatic heterocycles. The molecule has 0 aliphatic heterocycles. The molecule has 19 heavy (non-hydrogen) atoms. The molecule has 2 aromatic rings. The zero-order valence-electron chi connectivity index (χ0n) is 12.3. The second-order valence-corrected chi connectivity index (χ2v) is 5.59. The van der Waals surface area contributed by atoms with Gasteiger partial charge < -0.3 is 5.32 Å². The van der Waals surface area contributed by atoms with Crippen LogP contribution >= 0.6 is 0 Å². The number of para-hydroxylation sites is 1. The minimum atomic E-state index is 0.544. The third-order valence-electron chi connectivity index (χ3n) is 3.35. The van der Waals surface area contributed by atoms with Gasteiger partial charge in [0.2, 0.25) is 0 Å². The van der Waals surface area contributed by atoms with E-state index in [0.717, 1.165) is 6.54 Å². The fourth-order valence-electron chi connectivity index (χ4n) is 2.53. The topological polar surface area (TPSA) is 12.0 Å². The highest BCUT2D eigenvalue weighted by atomic mass is 14.9. The fourth-order valence-corrected chi connectivity index (χ4v) is 2.53. The molecule has 0 unspecified atom stereocenters. The molecule has 1 nitrogen and oxygen atoms in total. The van der Waals surface area contributed by atoms with E-state index in [0.29, 0.717) is 5.92 Å². The lowest BCUT2D eigenvalue weighted by Gasteiger charge is -2.15. The lowest BCUT2D eigenvalue weighted by molar-refractivity contribution is 0.865. The quantitative estimate of drug-likeness (QED) is 0.805. The van der Waals surface area contributed by atoms with E-state index in [1.165, 1.54) is 27.9 Å². The van der Waals surface area contributed by atoms with Gasteiger partial charge in [0.25, 0.3) is 0 Å². The van der Waals surface area contributed by atoms with Crippen LogP contribution in [-0.2, 0) is 6.54 Å². The molecular formula is C18H23N. The van der Waals surface area contributed by atoms with Gasteiger partial charge in [-0.3, -0.25) is 0 Å². The molecule has 0 saturated carbocycles. The Kier molecular flexibility index (Phi) is 4.26. The molecule has 0 fully saturated rings. The summed E-state index contributed by atoms with van der Waals surface area (Å²) in [6, 6.07) is 15.3. The van der Waals surface area contributed by atoms with Gasteiger partial charge in [-0.15, -0.1) is 0 Å². The van der Waals surface area contributed by atoms with Crippen molar-refractivity contribution in [2.75, 3.05) is 5.32 Å². The maximum atomic E-state index is 3.57. The molecule has 0 aliphatic carbocycles. The summed E-state index contributed by atoms with van der Waals surface area (Å²) in [4.78, 5) is 0. The van der Waals surface area contributed by atoms with Crippen LogP contribution < -0.4 is 5.32 Å². The van der Waals surface area contributed by atoms with Crippen molar-refractivity contribution < 1.29 is 0 Å². The number of hydrogen-bond donors (Lipinski definition) is 1. The first-order valence-electron chi connectivity index (χ1n) is 6.96. The van der Waals surface area contributed by atoms with Gasteiger partial charge >= 0.3 is 0 Å². The van der Waals surface area contributed by atoms with Crippen molar-refractivity contribution >= 4 is 5.69 Å². The van der Waals surface area contributed by atoms with Gasteiger partial charge in [-0.2, -0.15) is 0 Å². The van der Waals surface area contributed by atoms with E-state index in [4.69, 9.17) is 0 Å². The molecular weight excluding hydrogens is 230 g/mol. The summed E-state index contributed by atoms with van der Waals surface area (Å²) in [6.45, 7) is 9.65. The van der Waals surface area contributed by atoms with Crippen molar-refractivity contribution in [2.45, 2.75) is 40.2 Å². The van der Waals surface area contributed by atoms with Crippen molar-refractivity contribution in [2.24, 2.45) is 0 Å². The number of hydrogen-bond acceptors (Lipinski definition) is 1. The highest BCUT2D eigenvalue weighted by molar-refractivity contribution is 5.53. The predicted octanol–water partition coefficient (Wildman–Crippen LogP) is 5.04. The maximum Gasteiger partial charge on any atom is 0.0401 e. The molecule has 2 rings (SSSR count). The second kappa shape index (κ2) is 5.92. The second-order valence-electron chi connectivity index (χ2n) is 5.59. The minimum absolute atomic E-state index is 0.544. The monoisotopic (exact) mass is 253 g/mol. The van der Waals surface area contributed by atoms with Crippen LogP contribution in [0.4, 0.5) is 5.69 Å². The summed E-state index contributed by atoms with van der Waals surface area (Å²) in [6.07, 6.45) is 0. The molecule has 0 amide bonds. The van der Waals surface area contributed by atoms with Crippen LogP contribution in [-0.4, -0.2) is 0 Å². The smallest absolute Gasteiger partial charge is 0.0401 e. The highest BCUT2D eigenvalue weighted by Crippen LogP contribution is 2.24. The lowest BCUT2D eigenvalue weighted by Crippen LogP contribution is -2.03. The van der Waals surface area contributed by atoms with Gasteiger partial charge in [0.05, 0.1) is 0 Å². The van der Waals surface area contributed by atoms with Crippen molar-refractivity contribution in [3.8, 4) is 0 Å². The van der Waals surface area contributed by atoms with Crippen LogP contribution in [0.25, 0.3) is 0 Å². The summed E-state index contributed by atoms with van der Waals surface area (Å²) in [5, 5.41) is 3.57. The third kappa shape index (κ3) is 3.60. The van der Waals surface area contributed by atoms with Crippen LogP contribution in [0.2, 0.25) is 0 Å². The summed E-state index contributed by atoms with van der Waals surface area (Å²) in [7, 11) is 0. The Bertz CT molecular complexity index is 535. The first kappa shape index (κ1) is 13.7. The number of anilines is 1. The Balaban J connectivity index is 2.14. The Labute approximate surface area is 116 Å². The van der Waals surface area contributed by atoms with E-state index in [-0.39, 0.29) is 0 Å². The average Bonchev–Trinajstić information content (AvgIpc) is 2.35. The molecule has 1 N–H and O–H groups in total. The maximum absolute atomic E-state index is 3.57. The number of aryl methyl sites for hydroxylation is 2. The molecule has 0 saturated heterocycles. The lowest BCUT2D eigenvalue weighted by atomic mass is 10.0. The van der Waals surface area contributed by atoms with E-state index >= 15 is 0 Å². The van der Waals surface area contributed by atoms with E-state index in [2.05, 4.69) is 75.5 Å². The zero-order chi connectivity index (χ0) is 13.8. The molecule has 0 spiro atoms. The van der Waals surface area contributed by atoms with Crippen molar-refractivity contribution in [3.63, 3.8) is 0 Å². The molecule has 0 bridgehead atoms. The summed E-state index contributed by atoms with van der Waals surface area (Å²) in [5.41, 5.74) is 6.63. The molecule has 1 heteroatoms. The van der Waals surface area contributed by atoms with Crippen molar-refractivity contribution in [1.29, 1.82) is 0 Å². The third-order valence-corrected chi connectivity index (χ3v) is 3.35. The first-order chi connectivity index (χ1) is 9.06. The Morgan fingerprint density at radius 3 is 2.21 bits per heavy atom. The summed E-state index contributed by atoms with van der Waals surface area (Å²) in [5.74, 6) is 0.544. The van der Waals surface area contributed by atoms with Crippen LogP contribution in [0, 0.1) is 13.8 Å². The van der Waals surface area contributed by atoms with Crippen LogP contribution in [0.15, 0.2) is 42.5 Å². The minimum Gasteiger partial charge on any atom is -0.381 e. The van der Waals surface area contributed by atoms with Crippen LogP contribution in [0.3, 0.4) is 0 Å². The Hall–Kier alpha value is -1.76. The van der Waals surface area contributed by atoms with E-state index in [1.54, 1.807) is 0 Å². The fraction of sp³-hybridized carbons (Fsp3) is 0.333. The number of rotatable bonds is 4. The molecule has 2 aromatic carbocycles. The van der Waals surface area contributed by atoms with Gasteiger partial charge in [-0.25, -0.2) is 0 Å². The van der Waals surface area contributed by atoms with Gasteiger partial charge in [0.15, 0.2) is 0 Å². The molecule has 100 valence electrons. The number of benzene rings is 2. The molecule has 0 radical (unpaired) electrons. The van der Waals surface area contributed by atoms with Gasteiger partial charge in [0.1, 0.15) is 0 Å². The summed E-state index contributed by atoms with van der Waals surface area (Å²) >= 11 is 0. The van der Waals surface area contributed by atoms with E-state index in [1.807, 2.05) is 0 Å². The molecule has 0 heterocycles. The van der Waals surface area contributed by atoms with Gasteiger partial charge in [0, 0.05) is 12.2 Å². The SMILES string of the molecule is Cc1cc(C)cc(CNc2ccccc2C(C)C)c1. The predicted molar refractivity (Wildman–Crippen MR) is 83.8 cm³/mol. The van der Waals surface area contributed by atoms with Crippen molar-refractivity contribution in [1.82, 2.24) is 0 Å². The summed E-state index contributed by atoms with van der Waals surface area (Å²) < 4.78 is 0. The van der Waals surface area contributed by atoms with Gasteiger partial charge in [-0.05, 0) is 37.0 Å². The van der Waals surface area contributed by atoms with Crippen LogP contribution in [0.5, 0.6) is 0 Å². The average molecular weight is 253 g/mol. The zero-order valence-corrected chi connectivity index (χ0v) is 12.3. The van der Waals surface area contributed by atoms with Crippen LogP contribution in [0.1, 0.15) is 42.0 Å². The van der Waals surface area contributed by atoms with Gasteiger partial charge in [-0.1, -0.05) is 61.4 Å². The first-order valence-corrected chi connectivity index (χ1v) is 6.96. The molecule has 0 atom stereocenters. The largest absolute Gasteiger partial charge is 0.381 e. The normalized spacial score (nSPS) is 10.8. The Morgan fingerprint density at radius 2 is 1.58 bits per heavy atom. The standard InChI is InChI=1S/C18H23N/c1-13(2)17-7-5-6-8-18(17)19-12-16-10-14(3)9-15(4)11-16/h5-11,13,19H,12H2,1-4H3. The van der Waals surface area contributed by atoms with Crippen molar-refractivity contribution in [3.05, 3.63) is 64.7 Å².